The number of anilines is 1. The lowest BCUT2D eigenvalue weighted by Crippen LogP contribution is -2.36. The van der Waals surface area contributed by atoms with Crippen molar-refractivity contribution >= 4 is 33.5 Å². The van der Waals surface area contributed by atoms with Crippen molar-refractivity contribution in [2.75, 3.05) is 11.4 Å². The van der Waals surface area contributed by atoms with Crippen LogP contribution in [0.4, 0.5) is 5.82 Å². The quantitative estimate of drug-likeness (QED) is 0.849. The molecule has 0 aliphatic carbocycles. The zero-order valence-electron chi connectivity index (χ0n) is 10.9. The third-order valence-corrected chi connectivity index (χ3v) is 4.54. The van der Waals surface area contributed by atoms with Gasteiger partial charge in [-0.2, -0.15) is 8.42 Å². The molecule has 7 nitrogen and oxygen atoms in total. The Bertz CT molecular complexity index is 851. The molecule has 21 heavy (non-hydrogen) atoms. The van der Waals surface area contributed by atoms with E-state index in [2.05, 4.69) is 14.4 Å². The van der Waals surface area contributed by atoms with Gasteiger partial charge < -0.3 is 5.73 Å². The van der Waals surface area contributed by atoms with Crippen LogP contribution in [0.2, 0.25) is 5.15 Å². The molecule has 2 N–H and O–H groups in total. The number of amidine groups is 1. The van der Waals surface area contributed by atoms with Crippen molar-refractivity contribution in [1.29, 1.82) is 0 Å². The average molecular weight is 324 g/mol. The third-order valence-electron chi connectivity index (χ3n) is 2.98. The zero-order valence-corrected chi connectivity index (χ0v) is 12.4. The molecule has 0 amide bonds. The van der Waals surface area contributed by atoms with Crippen molar-refractivity contribution in [1.82, 2.24) is 9.97 Å². The number of rotatable bonds is 1. The van der Waals surface area contributed by atoms with Crippen molar-refractivity contribution < 1.29 is 8.42 Å². The maximum atomic E-state index is 11.8. The molecule has 108 valence electrons. The van der Waals surface area contributed by atoms with Crippen molar-refractivity contribution in [2.24, 2.45) is 10.1 Å². The molecule has 0 fully saturated rings. The molecule has 0 radical (unpaired) electrons. The molecule has 1 aliphatic rings. The lowest BCUT2D eigenvalue weighted by Gasteiger charge is -2.23. The number of fused-ring (bicyclic) bond motifs is 1. The monoisotopic (exact) mass is 323 g/mol. The van der Waals surface area contributed by atoms with Gasteiger partial charge in [0.25, 0.3) is 0 Å². The predicted molar refractivity (Wildman–Crippen MR) is 80.5 cm³/mol. The number of halogens is 1. The van der Waals surface area contributed by atoms with Crippen LogP contribution >= 0.6 is 11.6 Å². The molecule has 0 unspecified atom stereocenters. The van der Waals surface area contributed by atoms with Crippen LogP contribution < -0.4 is 10.0 Å². The second kappa shape index (κ2) is 4.68. The molecule has 1 aliphatic heterocycles. The fraction of sp³-hybridized carbons (Fsp3) is 0.0833. The summed E-state index contributed by atoms with van der Waals surface area (Å²) in [5.41, 5.74) is 6.88. The molecule has 3 rings (SSSR count). The predicted octanol–water partition coefficient (Wildman–Crippen LogP) is 1.20. The molecule has 2 aromatic rings. The van der Waals surface area contributed by atoms with Crippen molar-refractivity contribution in [3.63, 3.8) is 0 Å². The van der Waals surface area contributed by atoms with E-state index in [1.54, 1.807) is 12.1 Å². The topological polar surface area (TPSA) is 102 Å². The summed E-state index contributed by atoms with van der Waals surface area (Å²) in [6.07, 6.45) is 0. The van der Waals surface area contributed by atoms with Gasteiger partial charge >= 0.3 is 10.2 Å². The van der Waals surface area contributed by atoms with Gasteiger partial charge in [-0.3, -0.25) is 0 Å². The summed E-state index contributed by atoms with van der Waals surface area (Å²) in [4.78, 5) is 8.43. The van der Waals surface area contributed by atoms with E-state index in [9.17, 15) is 8.42 Å². The van der Waals surface area contributed by atoms with E-state index in [0.717, 1.165) is 9.87 Å². The Morgan fingerprint density at radius 1 is 1.14 bits per heavy atom. The van der Waals surface area contributed by atoms with E-state index in [4.69, 9.17) is 17.3 Å². The van der Waals surface area contributed by atoms with Gasteiger partial charge in [0, 0.05) is 12.6 Å². The smallest absolute Gasteiger partial charge is 0.347 e. The standard InChI is InChI=1S/C12H10ClN5O2S/c1-18-12-9(11(14)17-21(18,19)20)15-10(13)8(16-12)7-5-3-2-4-6-7/h2-6H,1H3,(H2,14,17). The molecule has 0 saturated heterocycles. The lowest BCUT2D eigenvalue weighted by molar-refractivity contribution is 0.595. The molecular formula is C12H10ClN5O2S. The Balaban J connectivity index is 2.27. The largest absolute Gasteiger partial charge is 0.381 e. The van der Waals surface area contributed by atoms with Crippen LogP contribution in [0, 0.1) is 0 Å². The van der Waals surface area contributed by atoms with E-state index in [0.29, 0.717) is 5.69 Å². The Morgan fingerprint density at radius 3 is 2.48 bits per heavy atom. The van der Waals surface area contributed by atoms with Crippen molar-refractivity contribution in [2.45, 2.75) is 0 Å². The summed E-state index contributed by atoms with van der Waals surface area (Å²) in [6, 6.07) is 9.10. The van der Waals surface area contributed by atoms with Gasteiger partial charge in [-0.1, -0.05) is 41.9 Å². The fourth-order valence-electron chi connectivity index (χ4n) is 1.92. The molecule has 0 spiro atoms. The first-order chi connectivity index (χ1) is 9.90. The highest BCUT2D eigenvalue weighted by Crippen LogP contribution is 2.31. The summed E-state index contributed by atoms with van der Waals surface area (Å²) in [6.45, 7) is 0. The van der Waals surface area contributed by atoms with Gasteiger partial charge in [0.05, 0.1) is 0 Å². The SMILES string of the molecule is CN1c2nc(-c3ccccc3)c(Cl)nc2C(N)=NS1(=O)=O. The van der Waals surface area contributed by atoms with E-state index >= 15 is 0 Å². The van der Waals surface area contributed by atoms with Gasteiger partial charge in [0.15, 0.2) is 22.5 Å². The number of hydrogen-bond donors (Lipinski definition) is 1. The average Bonchev–Trinajstić information content (AvgIpc) is 2.45. The maximum Gasteiger partial charge on any atom is 0.347 e. The minimum Gasteiger partial charge on any atom is -0.381 e. The summed E-state index contributed by atoms with van der Waals surface area (Å²) in [7, 11) is -2.55. The molecule has 1 aromatic carbocycles. The van der Waals surface area contributed by atoms with E-state index in [1.807, 2.05) is 18.2 Å². The summed E-state index contributed by atoms with van der Waals surface area (Å²) >= 11 is 6.13. The molecule has 2 heterocycles. The minimum absolute atomic E-state index is 0.103. The van der Waals surface area contributed by atoms with Crippen LogP contribution in [0.3, 0.4) is 0 Å². The van der Waals surface area contributed by atoms with Gasteiger partial charge in [-0.15, -0.1) is 4.40 Å². The van der Waals surface area contributed by atoms with E-state index in [-0.39, 0.29) is 22.5 Å². The maximum absolute atomic E-state index is 11.8. The third kappa shape index (κ3) is 2.22. The Hall–Kier alpha value is -2.19. The second-order valence-electron chi connectivity index (χ2n) is 4.32. The second-order valence-corrected chi connectivity index (χ2v) is 6.31. The summed E-state index contributed by atoms with van der Waals surface area (Å²) in [5.74, 6) is -0.122. The highest BCUT2D eigenvalue weighted by Gasteiger charge is 2.31. The Morgan fingerprint density at radius 2 is 1.81 bits per heavy atom. The van der Waals surface area contributed by atoms with Crippen LogP contribution in [-0.2, 0) is 10.2 Å². The molecule has 0 atom stereocenters. The first kappa shape index (κ1) is 13.8. The van der Waals surface area contributed by atoms with Crippen molar-refractivity contribution in [3.05, 3.63) is 41.2 Å². The molecule has 0 bridgehead atoms. The number of nitrogens with two attached hydrogens (primary N) is 1. The van der Waals surface area contributed by atoms with Crippen LogP contribution in [-0.4, -0.2) is 31.3 Å². The molecular weight excluding hydrogens is 314 g/mol. The van der Waals surface area contributed by atoms with Crippen LogP contribution in [0.25, 0.3) is 11.3 Å². The fourth-order valence-corrected chi connectivity index (χ4v) is 2.95. The zero-order chi connectivity index (χ0) is 15.2. The summed E-state index contributed by atoms with van der Waals surface area (Å²) in [5, 5.41) is 0.130. The van der Waals surface area contributed by atoms with Gasteiger partial charge in [0.1, 0.15) is 5.69 Å². The van der Waals surface area contributed by atoms with Crippen molar-refractivity contribution in [3.8, 4) is 11.3 Å². The molecule has 0 saturated carbocycles. The van der Waals surface area contributed by atoms with E-state index < -0.39 is 10.2 Å². The lowest BCUT2D eigenvalue weighted by atomic mass is 10.1. The highest BCUT2D eigenvalue weighted by molar-refractivity contribution is 7.91. The first-order valence-corrected chi connectivity index (χ1v) is 7.65. The van der Waals surface area contributed by atoms with Gasteiger partial charge in [-0.05, 0) is 0 Å². The van der Waals surface area contributed by atoms with Gasteiger partial charge in [-0.25, -0.2) is 14.3 Å². The number of benzene rings is 1. The van der Waals surface area contributed by atoms with Crippen LogP contribution in [0.5, 0.6) is 0 Å². The Labute approximate surface area is 126 Å². The molecule has 9 heteroatoms. The highest BCUT2D eigenvalue weighted by atomic mass is 35.5. The first-order valence-electron chi connectivity index (χ1n) is 5.88. The van der Waals surface area contributed by atoms with Crippen LogP contribution in [0.1, 0.15) is 5.69 Å². The number of nitrogens with zero attached hydrogens (tertiary/aromatic N) is 4. The van der Waals surface area contributed by atoms with Crippen LogP contribution in [0.15, 0.2) is 34.7 Å². The number of hydrogen-bond acceptors (Lipinski definition) is 5. The number of aromatic nitrogens is 2. The Kier molecular flexibility index (Phi) is 3.07. The minimum atomic E-state index is -3.89. The summed E-state index contributed by atoms with van der Waals surface area (Å²) < 4.78 is 28.0. The van der Waals surface area contributed by atoms with E-state index in [1.165, 1.54) is 7.05 Å². The normalized spacial score (nSPS) is 16.3. The molecule has 1 aromatic heterocycles. The van der Waals surface area contributed by atoms with Gasteiger partial charge in [0.2, 0.25) is 0 Å².